The lowest BCUT2D eigenvalue weighted by molar-refractivity contribution is 0.351. The number of nitrogen functional groups attached to an aromatic ring is 1. The molecule has 0 atom stereocenters. The summed E-state index contributed by atoms with van der Waals surface area (Å²) in [5.41, 5.74) is 3.21. The zero-order valence-corrected chi connectivity index (χ0v) is 8.16. The fourth-order valence-corrected chi connectivity index (χ4v) is 0.994. The van der Waals surface area contributed by atoms with Gasteiger partial charge in [0.05, 0.1) is 5.56 Å². The second-order valence-electron chi connectivity index (χ2n) is 2.69. The van der Waals surface area contributed by atoms with Crippen LogP contribution in [0.1, 0.15) is 11.4 Å². The average molecular weight is 192 g/mol. The molecule has 1 aromatic heterocycles. The first kappa shape index (κ1) is 10.3. The van der Waals surface area contributed by atoms with Crippen molar-refractivity contribution in [2.45, 2.75) is 13.8 Å². The molecule has 0 aliphatic rings. The summed E-state index contributed by atoms with van der Waals surface area (Å²) in [4.78, 5) is 8.18. The Morgan fingerprint density at radius 3 is 2.79 bits per heavy atom. The molecule has 14 heavy (non-hydrogen) atoms. The van der Waals surface area contributed by atoms with Crippen LogP contribution < -0.4 is 16.0 Å². The van der Waals surface area contributed by atoms with E-state index in [1.165, 1.54) is 0 Å². The van der Waals surface area contributed by atoms with Crippen LogP contribution in [0.15, 0.2) is 0 Å². The zero-order chi connectivity index (χ0) is 10.6. The van der Waals surface area contributed by atoms with Crippen molar-refractivity contribution >= 4 is 5.82 Å². The molecule has 0 aliphatic heterocycles. The molecule has 0 radical (unpaired) electrons. The van der Waals surface area contributed by atoms with E-state index in [2.05, 4.69) is 21.3 Å². The lowest BCUT2D eigenvalue weighted by atomic mass is 10.3. The van der Waals surface area contributed by atoms with Crippen LogP contribution in [0.25, 0.3) is 0 Å². The molecule has 1 rings (SSSR count). The predicted octanol–water partition coefficient (Wildman–Crippen LogP) is 0.391. The van der Waals surface area contributed by atoms with Gasteiger partial charge in [0.1, 0.15) is 11.6 Å². The van der Waals surface area contributed by atoms with Crippen LogP contribution in [0.5, 0.6) is 5.88 Å². The summed E-state index contributed by atoms with van der Waals surface area (Å²) in [5.74, 6) is 9.23. The fraction of sp³-hybridized carbons (Fsp3) is 0.333. The van der Waals surface area contributed by atoms with E-state index in [9.17, 15) is 0 Å². The third kappa shape index (κ3) is 2.12. The number of hydrazine groups is 1. The summed E-state index contributed by atoms with van der Waals surface area (Å²) < 4.78 is 5.23. The monoisotopic (exact) mass is 192 g/mol. The topological polar surface area (TPSA) is 73.1 Å². The molecule has 3 N–H and O–H groups in total. The first-order valence-electron chi connectivity index (χ1n) is 4.07. The lowest BCUT2D eigenvalue weighted by Gasteiger charge is -2.09. The van der Waals surface area contributed by atoms with Crippen LogP contribution in [0.3, 0.4) is 0 Å². The number of nitrogens with zero attached hydrogens (tertiary/aromatic N) is 2. The Morgan fingerprint density at radius 2 is 2.21 bits per heavy atom. The van der Waals surface area contributed by atoms with Crippen molar-refractivity contribution in [3.63, 3.8) is 0 Å². The van der Waals surface area contributed by atoms with Gasteiger partial charge in [0.15, 0.2) is 6.61 Å². The van der Waals surface area contributed by atoms with Gasteiger partial charge in [-0.2, -0.15) is 4.98 Å². The van der Waals surface area contributed by atoms with Gasteiger partial charge in [0.2, 0.25) is 5.88 Å². The van der Waals surface area contributed by atoms with Gasteiger partial charge in [0, 0.05) is 0 Å². The van der Waals surface area contributed by atoms with E-state index in [0.717, 1.165) is 5.56 Å². The maximum Gasteiger partial charge on any atom is 0.222 e. The SMILES string of the molecule is C#CCOc1nc(C)nc(NN)c1C. The normalized spacial score (nSPS) is 9.29. The minimum absolute atomic E-state index is 0.182. The van der Waals surface area contributed by atoms with Crippen LogP contribution in [-0.2, 0) is 0 Å². The number of hydrogen-bond acceptors (Lipinski definition) is 5. The van der Waals surface area contributed by atoms with Crippen molar-refractivity contribution in [1.82, 2.24) is 9.97 Å². The Bertz CT molecular complexity index is 370. The van der Waals surface area contributed by atoms with Gasteiger partial charge >= 0.3 is 0 Å². The van der Waals surface area contributed by atoms with Gasteiger partial charge < -0.3 is 10.2 Å². The summed E-state index contributed by atoms with van der Waals surface area (Å²) in [7, 11) is 0. The maximum absolute atomic E-state index is 5.28. The Labute approximate surface area is 82.7 Å². The minimum atomic E-state index is 0.182. The molecule has 74 valence electrons. The predicted molar refractivity (Wildman–Crippen MR) is 53.6 cm³/mol. The molecule has 0 aromatic carbocycles. The summed E-state index contributed by atoms with van der Waals surface area (Å²) >= 11 is 0. The second-order valence-corrected chi connectivity index (χ2v) is 2.69. The van der Waals surface area contributed by atoms with Crippen LogP contribution in [-0.4, -0.2) is 16.6 Å². The number of nitrogens with two attached hydrogens (primary N) is 1. The summed E-state index contributed by atoms with van der Waals surface area (Å²) in [5, 5.41) is 0. The van der Waals surface area contributed by atoms with E-state index >= 15 is 0 Å². The van der Waals surface area contributed by atoms with Gasteiger partial charge in [-0.3, -0.25) is 0 Å². The molecule has 5 heteroatoms. The van der Waals surface area contributed by atoms with Crippen molar-refractivity contribution in [3.05, 3.63) is 11.4 Å². The Kier molecular flexibility index (Phi) is 3.26. The number of hydrogen-bond donors (Lipinski definition) is 2. The van der Waals surface area contributed by atoms with Gasteiger partial charge in [-0.05, 0) is 13.8 Å². The summed E-state index contributed by atoms with van der Waals surface area (Å²) in [6.07, 6.45) is 5.08. The molecule has 0 fully saturated rings. The smallest absolute Gasteiger partial charge is 0.222 e. The summed E-state index contributed by atoms with van der Waals surface area (Å²) in [6, 6.07) is 0. The zero-order valence-electron chi connectivity index (χ0n) is 8.16. The number of terminal acetylenes is 1. The van der Waals surface area contributed by atoms with E-state index in [0.29, 0.717) is 17.5 Å². The average Bonchev–Trinajstić information content (AvgIpc) is 2.18. The number of aromatic nitrogens is 2. The molecule has 0 saturated heterocycles. The molecule has 1 heterocycles. The number of nitrogens with one attached hydrogen (secondary N) is 1. The van der Waals surface area contributed by atoms with Crippen molar-refractivity contribution in [2.75, 3.05) is 12.0 Å². The van der Waals surface area contributed by atoms with Crippen molar-refractivity contribution in [2.24, 2.45) is 5.84 Å². The highest BCUT2D eigenvalue weighted by molar-refractivity contribution is 5.47. The highest BCUT2D eigenvalue weighted by Crippen LogP contribution is 2.20. The molecule has 0 aliphatic carbocycles. The third-order valence-electron chi connectivity index (χ3n) is 1.64. The Hall–Kier alpha value is -1.80. The lowest BCUT2D eigenvalue weighted by Crippen LogP contribution is -2.13. The first-order valence-corrected chi connectivity index (χ1v) is 4.07. The van der Waals surface area contributed by atoms with Gasteiger partial charge in [-0.25, -0.2) is 10.8 Å². The van der Waals surface area contributed by atoms with Crippen LogP contribution in [0.2, 0.25) is 0 Å². The molecule has 0 unspecified atom stereocenters. The molecule has 5 nitrogen and oxygen atoms in total. The summed E-state index contributed by atoms with van der Waals surface area (Å²) in [6.45, 7) is 3.74. The molecule has 1 aromatic rings. The fourth-order valence-electron chi connectivity index (χ4n) is 0.994. The van der Waals surface area contributed by atoms with Crippen LogP contribution >= 0.6 is 0 Å². The molecule has 0 spiro atoms. The number of ether oxygens (including phenoxy) is 1. The number of rotatable bonds is 3. The third-order valence-corrected chi connectivity index (χ3v) is 1.64. The van der Waals surface area contributed by atoms with Crippen molar-refractivity contribution in [3.8, 4) is 18.2 Å². The van der Waals surface area contributed by atoms with E-state index in [4.69, 9.17) is 17.0 Å². The quantitative estimate of drug-likeness (QED) is 0.412. The Balaban J connectivity index is 3.04. The van der Waals surface area contributed by atoms with Crippen molar-refractivity contribution in [1.29, 1.82) is 0 Å². The molecular weight excluding hydrogens is 180 g/mol. The largest absolute Gasteiger partial charge is 0.464 e. The Morgan fingerprint density at radius 1 is 1.50 bits per heavy atom. The van der Waals surface area contributed by atoms with E-state index < -0.39 is 0 Å². The van der Waals surface area contributed by atoms with Gasteiger partial charge in [-0.15, -0.1) is 6.42 Å². The van der Waals surface area contributed by atoms with E-state index in [1.54, 1.807) is 13.8 Å². The van der Waals surface area contributed by atoms with Gasteiger partial charge in [-0.1, -0.05) is 5.92 Å². The van der Waals surface area contributed by atoms with E-state index in [1.807, 2.05) is 0 Å². The molecule has 0 saturated carbocycles. The van der Waals surface area contributed by atoms with Gasteiger partial charge in [0.25, 0.3) is 0 Å². The second kappa shape index (κ2) is 4.44. The highest BCUT2D eigenvalue weighted by atomic mass is 16.5. The standard InChI is InChI=1S/C9H12N4O/c1-4-5-14-9-6(2)8(13-10)11-7(3)12-9/h1H,5,10H2,2-3H3,(H,11,12,13). The number of aryl methyl sites for hydroxylation is 1. The maximum atomic E-state index is 5.28. The molecule has 0 amide bonds. The van der Waals surface area contributed by atoms with E-state index in [-0.39, 0.29) is 6.61 Å². The minimum Gasteiger partial charge on any atom is -0.464 e. The number of anilines is 1. The molecule has 0 bridgehead atoms. The van der Waals surface area contributed by atoms with Crippen LogP contribution in [0, 0.1) is 26.2 Å². The molecular formula is C9H12N4O. The van der Waals surface area contributed by atoms with Crippen LogP contribution in [0.4, 0.5) is 5.82 Å². The van der Waals surface area contributed by atoms with Crippen molar-refractivity contribution < 1.29 is 4.74 Å². The highest BCUT2D eigenvalue weighted by Gasteiger charge is 2.08. The first-order chi connectivity index (χ1) is 6.69.